The van der Waals surface area contributed by atoms with E-state index >= 15 is 0 Å². The summed E-state index contributed by atoms with van der Waals surface area (Å²) >= 11 is 10.2. The van der Waals surface area contributed by atoms with E-state index in [2.05, 4.69) is 23.0 Å². The van der Waals surface area contributed by atoms with Crippen LogP contribution in [0, 0.1) is 0 Å². The number of thiol groups is 1. The van der Waals surface area contributed by atoms with E-state index in [4.69, 9.17) is 30.1 Å². The van der Waals surface area contributed by atoms with E-state index < -0.39 is 55.9 Å². The Morgan fingerprint density at radius 1 is 1.42 bits per heavy atom. The molecule has 2 aliphatic rings. The van der Waals surface area contributed by atoms with Gasteiger partial charge in [-0.25, -0.2) is 4.57 Å². The van der Waals surface area contributed by atoms with E-state index in [1.165, 1.54) is 55.3 Å². The van der Waals surface area contributed by atoms with Gasteiger partial charge in [0.15, 0.2) is 6.23 Å². The molecule has 0 saturated carbocycles. The summed E-state index contributed by atoms with van der Waals surface area (Å²) in [7, 11) is -4.25. The quantitative estimate of drug-likeness (QED) is 0.159. The molecule has 1 aromatic rings. The second-order valence-corrected chi connectivity index (χ2v) is 10.9. The largest absolute Gasteiger partial charge is 0.465 e. The summed E-state index contributed by atoms with van der Waals surface area (Å²) in [5.74, 6) is -0.928. The summed E-state index contributed by atoms with van der Waals surface area (Å²) in [6.45, 7) is 4.01. The number of carbonyl (C=O) groups is 2. The maximum absolute atomic E-state index is 13.6. The van der Waals surface area contributed by atoms with Crippen molar-refractivity contribution in [2.24, 2.45) is 0 Å². The third-order valence-corrected chi connectivity index (χ3v) is 7.71. The molecule has 1 aromatic carbocycles. The number of nitrogens with zero attached hydrogens (tertiary/aromatic N) is 1. The molecule has 1 saturated heterocycles. The number of nitrogens with one attached hydrogen (secondary N) is 2. The predicted octanol–water partition coefficient (Wildman–Crippen LogP) is 1.38. The predicted molar refractivity (Wildman–Crippen MR) is 132 cm³/mol. The number of hydrogen-bond donors (Lipinski definition) is 5. The lowest BCUT2D eigenvalue weighted by molar-refractivity contribution is -0.144. The lowest BCUT2D eigenvalue weighted by atomic mass is 9.96. The van der Waals surface area contributed by atoms with Crippen LogP contribution in [0.5, 0.6) is 5.75 Å². The summed E-state index contributed by atoms with van der Waals surface area (Å²) in [5.41, 5.74) is -2.66. The number of aliphatic hydroxyl groups is 2. The Hall–Kier alpha value is -1.83. The number of rotatable bonds is 10. The summed E-state index contributed by atoms with van der Waals surface area (Å²) < 4.78 is 35.5. The zero-order chi connectivity index (χ0) is 26.7. The molecule has 12 nitrogen and oxygen atoms in total. The van der Waals surface area contributed by atoms with Crippen molar-refractivity contribution in [2.75, 3.05) is 13.2 Å². The minimum atomic E-state index is -4.25. The van der Waals surface area contributed by atoms with Gasteiger partial charge >= 0.3 is 13.7 Å². The van der Waals surface area contributed by atoms with E-state index in [0.717, 1.165) is 0 Å². The monoisotopic (exact) mass is 565 g/mol. The van der Waals surface area contributed by atoms with Crippen LogP contribution in [-0.4, -0.2) is 75.8 Å². The van der Waals surface area contributed by atoms with Gasteiger partial charge in [0.2, 0.25) is 5.91 Å². The van der Waals surface area contributed by atoms with Crippen LogP contribution in [0.1, 0.15) is 20.8 Å². The second-order valence-electron chi connectivity index (χ2n) is 8.28. The highest BCUT2D eigenvalue weighted by atomic mass is 35.5. The number of halogens is 1. The minimum absolute atomic E-state index is 0.115. The lowest BCUT2D eigenvalue weighted by Crippen LogP contribution is -2.57. The van der Waals surface area contributed by atoms with Crippen molar-refractivity contribution in [3.63, 3.8) is 0 Å². The second kappa shape index (κ2) is 11.7. The topological polar surface area (TPSA) is 156 Å². The number of amides is 1. The fourth-order valence-electron chi connectivity index (χ4n) is 3.55. The Bertz CT molecular complexity index is 1030. The van der Waals surface area contributed by atoms with E-state index in [1.807, 2.05) is 0 Å². The highest BCUT2D eigenvalue weighted by Crippen LogP contribution is 2.46. The number of aliphatic hydroxyl groups excluding tert-OH is 1. The first kappa shape index (κ1) is 28.7. The molecule has 1 amide bonds. The molecular weight excluding hydrogens is 537 g/mol. The number of hydrogen-bond acceptors (Lipinski definition) is 11. The van der Waals surface area contributed by atoms with Crippen molar-refractivity contribution >= 4 is 43.9 Å². The smallest absolute Gasteiger partial charge is 0.459 e. The van der Waals surface area contributed by atoms with Gasteiger partial charge < -0.3 is 34.4 Å². The van der Waals surface area contributed by atoms with Crippen LogP contribution in [0.2, 0.25) is 5.02 Å². The molecule has 0 spiro atoms. The van der Waals surface area contributed by atoms with Gasteiger partial charge in [-0.2, -0.15) is 5.09 Å². The number of carbonyl (C=O) groups excluding carboxylic acids is 2. The van der Waals surface area contributed by atoms with Gasteiger partial charge in [-0.1, -0.05) is 11.6 Å². The summed E-state index contributed by atoms with van der Waals surface area (Å²) in [6, 6.07) is 4.88. The molecule has 3 rings (SSSR count). The van der Waals surface area contributed by atoms with Crippen LogP contribution in [0.15, 0.2) is 36.5 Å². The number of benzene rings is 1. The molecule has 2 aliphatic heterocycles. The van der Waals surface area contributed by atoms with E-state index in [9.17, 15) is 24.4 Å². The number of ether oxygens (including phenoxy) is 2. The Kier molecular flexibility index (Phi) is 9.34. The van der Waals surface area contributed by atoms with Gasteiger partial charge in [-0.3, -0.25) is 14.1 Å². The first-order valence-corrected chi connectivity index (χ1v) is 13.4. The maximum Gasteiger partial charge on any atom is 0.459 e. The standard InChI is InChI=1S/C21H29ClN3O9PS/c1-4-31-18(28)12(2)24-35(30,34-14-7-5-13(22)6-8-14)32-11-15-17(27)21(3,29)19(33-15)25-10-9-16(26)23-20(25)36/h5-10,12,15,17,19-20,27,29,36H,4,11H2,1-3H3,(H,23,26)(H,24,30)/t12-,15+,17-,19+,20?,21?,35?/m0/s1. The van der Waals surface area contributed by atoms with Crippen molar-refractivity contribution in [2.45, 2.75) is 56.3 Å². The van der Waals surface area contributed by atoms with E-state index in [-0.39, 0.29) is 18.3 Å². The fourth-order valence-corrected chi connectivity index (χ4v) is 5.50. The van der Waals surface area contributed by atoms with Gasteiger partial charge in [-0.05, 0) is 45.0 Å². The maximum atomic E-state index is 13.6. The molecule has 36 heavy (non-hydrogen) atoms. The first-order chi connectivity index (χ1) is 16.9. The molecule has 1 fully saturated rings. The normalized spacial score (nSPS) is 30.4. The molecule has 200 valence electrons. The molecule has 0 bridgehead atoms. The van der Waals surface area contributed by atoms with E-state index in [0.29, 0.717) is 5.02 Å². The Balaban J connectivity index is 1.76. The average molecular weight is 566 g/mol. The van der Waals surface area contributed by atoms with Crippen LogP contribution in [0.25, 0.3) is 0 Å². The molecule has 2 heterocycles. The molecule has 0 aliphatic carbocycles. The molecule has 3 unspecified atom stereocenters. The van der Waals surface area contributed by atoms with Crippen molar-refractivity contribution in [1.29, 1.82) is 0 Å². The van der Waals surface area contributed by atoms with Crippen LogP contribution in [-0.2, 0) is 28.2 Å². The Morgan fingerprint density at radius 3 is 2.69 bits per heavy atom. The highest BCUT2D eigenvalue weighted by Gasteiger charge is 2.55. The molecule has 0 radical (unpaired) electrons. The molecule has 4 N–H and O–H groups in total. The van der Waals surface area contributed by atoms with Crippen LogP contribution in [0.3, 0.4) is 0 Å². The van der Waals surface area contributed by atoms with Crippen molar-refractivity contribution < 1.29 is 42.9 Å². The third-order valence-electron chi connectivity index (χ3n) is 5.42. The van der Waals surface area contributed by atoms with Gasteiger partial charge in [0.25, 0.3) is 0 Å². The van der Waals surface area contributed by atoms with Gasteiger partial charge in [0.05, 0.1) is 13.2 Å². The van der Waals surface area contributed by atoms with Crippen LogP contribution >= 0.6 is 32.0 Å². The van der Waals surface area contributed by atoms with Crippen LogP contribution in [0.4, 0.5) is 0 Å². The molecular formula is C21H29ClN3O9PS. The van der Waals surface area contributed by atoms with E-state index in [1.54, 1.807) is 6.92 Å². The molecule has 15 heteroatoms. The highest BCUT2D eigenvalue weighted by molar-refractivity contribution is 7.80. The van der Waals surface area contributed by atoms with Crippen molar-refractivity contribution in [3.8, 4) is 5.75 Å². The third kappa shape index (κ3) is 6.73. The Morgan fingerprint density at radius 2 is 2.08 bits per heavy atom. The Labute approximate surface area is 218 Å². The average Bonchev–Trinajstić information content (AvgIpc) is 3.03. The zero-order valence-corrected chi connectivity index (χ0v) is 22.3. The summed E-state index contributed by atoms with van der Waals surface area (Å²) in [5, 5.41) is 27.2. The van der Waals surface area contributed by atoms with Crippen molar-refractivity contribution in [1.82, 2.24) is 15.3 Å². The fraction of sp³-hybridized carbons (Fsp3) is 0.524. The molecule has 7 atom stereocenters. The van der Waals surface area contributed by atoms with Gasteiger partial charge in [-0.15, -0.1) is 12.6 Å². The SMILES string of the molecule is CCOC(=O)[C@H](C)NP(=O)(OC[C@H]1O[C@@H](N2C=CC(=O)NC2S)C(C)(O)[C@H]1O)Oc1ccc(Cl)cc1. The lowest BCUT2D eigenvalue weighted by Gasteiger charge is -2.39. The van der Waals surface area contributed by atoms with Crippen molar-refractivity contribution in [3.05, 3.63) is 41.6 Å². The molecule has 0 aromatic heterocycles. The first-order valence-electron chi connectivity index (χ1n) is 11.0. The number of esters is 1. The van der Waals surface area contributed by atoms with Gasteiger partial charge in [0.1, 0.15) is 35.1 Å². The minimum Gasteiger partial charge on any atom is -0.465 e. The van der Waals surface area contributed by atoms with Crippen LogP contribution < -0.4 is 14.9 Å². The zero-order valence-electron chi connectivity index (χ0n) is 19.7. The van der Waals surface area contributed by atoms with Gasteiger partial charge in [0, 0.05) is 17.3 Å². The summed E-state index contributed by atoms with van der Waals surface area (Å²) in [4.78, 5) is 25.1. The summed E-state index contributed by atoms with van der Waals surface area (Å²) in [6.07, 6.45) is -1.19.